The van der Waals surface area contributed by atoms with Crippen molar-refractivity contribution in [3.05, 3.63) is 59.0 Å². The second-order valence-electron chi connectivity index (χ2n) is 6.99. The molecule has 1 aromatic heterocycles. The number of carbonyl (C=O) groups is 3. The predicted molar refractivity (Wildman–Crippen MR) is 97.4 cm³/mol. The molecule has 2 aliphatic heterocycles. The van der Waals surface area contributed by atoms with Gasteiger partial charge >= 0.3 is 0 Å². The van der Waals surface area contributed by atoms with E-state index in [0.717, 1.165) is 24.4 Å². The third-order valence-electron chi connectivity index (χ3n) is 5.12. The molecule has 1 saturated heterocycles. The van der Waals surface area contributed by atoms with Crippen molar-refractivity contribution in [2.75, 3.05) is 33.2 Å². The number of fused-ring (bicyclic) bond motifs is 1. The van der Waals surface area contributed by atoms with Crippen LogP contribution in [0.5, 0.6) is 0 Å². The molecule has 3 heterocycles. The Morgan fingerprint density at radius 2 is 1.85 bits per heavy atom. The van der Waals surface area contributed by atoms with E-state index in [0.29, 0.717) is 30.0 Å². The summed E-state index contributed by atoms with van der Waals surface area (Å²) in [5.74, 6) is -0.314. The zero-order chi connectivity index (χ0) is 19.0. The summed E-state index contributed by atoms with van der Waals surface area (Å²) < 4.78 is 5.24. The SMILES string of the molecule is CN1CCCN(C(=O)c2ccc3c(c2)C(=O)N(Cc2ccco2)C3=O)CC1. The molecule has 0 bridgehead atoms. The molecule has 0 aliphatic carbocycles. The van der Waals surface area contributed by atoms with Gasteiger partial charge in [0.25, 0.3) is 17.7 Å². The molecule has 0 spiro atoms. The van der Waals surface area contributed by atoms with Crippen LogP contribution in [0.4, 0.5) is 0 Å². The van der Waals surface area contributed by atoms with Crippen molar-refractivity contribution in [1.29, 1.82) is 0 Å². The highest BCUT2D eigenvalue weighted by Crippen LogP contribution is 2.26. The molecule has 2 aliphatic rings. The number of benzene rings is 1. The summed E-state index contributed by atoms with van der Waals surface area (Å²) in [6, 6.07) is 8.19. The molecule has 7 heteroatoms. The Hall–Kier alpha value is -2.93. The molecule has 1 aromatic carbocycles. The number of amides is 3. The first-order valence-electron chi connectivity index (χ1n) is 9.05. The molecule has 2 aromatic rings. The lowest BCUT2D eigenvalue weighted by molar-refractivity contribution is 0.0631. The summed E-state index contributed by atoms with van der Waals surface area (Å²) in [4.78, 5) is 43.3. The van der Waals surface area contributed by atoms with Gasteiger partial charge in [-0.05, 0) is 50.3 Å². The molecule has 1 fully saturated rings. The van der Waals surface area contributed by atoms with Crippen molar-refractivity contribution in [2.45, 2.75) is 13.0 Å². The van der Waals surface area contributed by atoms with Gasteiger partial charge < -0.3 is 14.2 Å². The maximum atomic E-state index is 12.9. The molecule has 7 nitrogen and oxygen atoms in total. The number of imide groups is 1. The van der Waals surface area contributed by atoms with Crippen molar-refractivity contribution in [3.8, 4) is 0 Å². The van der Waals surface area contributed by atoms with E-state index < -0.39 is 5.91 Å². The Bertz CT molecular complexity index is 891. The fraction of sp³-hybridized carbons (Fsp3) is 0.350. The minimum atomic E-state index is -0.392. The van der Waals surface area contributed by atoms with Gasteiger partial charge in [-0.25, -0.2) is 0 Å². The monoisotopic (exact) mass is 367 g/mol. The van der Waals surface area contributed by atoms with Crippen LogP contribution in [0.15, 0.2) is 41.0 Å². The fourth-order valence-electron chi connectivity index (χ4n) is 3.56. The molecule has 0 N–H and O–H groups in total. The maximum absolute atomic E-state index is 12.9. The first-order chi connectivity index (χ1) is 13.0. The van der Waals surface area contributed by atoms with Gasteiger partial charge in [-0.3, -0.25) is 19.3 Å². The van der Waals surface area contributed by atoms with E-state index >= 15 is 0 Å². The van der Waals surface area contributed by atoms with E-state index in [2.05, 4.69) is 4.90 Å². The highest BCUT2D eigenvalue weighted by Gasteiger charge is 2.36. The van der Waals surface area contributed by atoms with Gasteiger partial charge in [0.1, 0.15) is 5.76 Å². The first kappa shape index (κ1) is 17.5. The summed E-state index contributed by atoms with van der Waals surface area (Å²) >= 11 is 0. The number of nitrogens with zero attached hydrogens (tertiary/aromatic N) is 3. The van der Waals surface area contributed by atoms with Crippen molar-refractivity contribution >= 4 is 17.7 Å². The van der Waals surface area contributed by atoms with Crippen LogP contribution in [-0.4, -0.2) is 65.6 Å². The number of rotatable bonds is 3. The van der Waals surface area contributed by atoms with Gasteiger partial charge in [0, 0.05) is 25.2 Å². The number of hydrogen-bond acceptors (Lipinski definition) is 5. The van der Waals surface area contributed by atoms with E-state index in [1.807, 2.05) is 11.9 Å². The van der Waals surface area contributed by atoms with Crippen LogP contribution in [0.2, 0.25) is 0 Å². The number of hydrogen-bond donors (Lipinski definition) is 0. The summed E-state index contributed by atoms with van der Waals surface area (Å²) in [7, 11) is 2.04. The summed E-state index contributed by atoms with van der Waals surface area (Å²) in [5, 5.41) is 0. The van der Waals surface area contributed by atoms with Crippen LogP contribution < -0.4 is 0 Å². The molecule has 4 rings (SSSR count). The third kappa shape index (κ3) is 3.26. The number of likely N-dealkylation sites (N-methyl/N-ethyl adjacent to an activating group) is 1. The molecule has 3 amide bonds. The average Bonchev–Trinajstić information content (AvgIpc) is 3.19. The fourth-order valence-corrected chi connectivity index (χ4v) is 3.56. The van der Waals surface area contributed by atoms with E-state index in [1.54, 1.807) is 30.3 Å². The maximum Gasteiger partial charge on any atom is 0.261 e. The largest absolute Gasteiger partial charge is 0.467 e. The molecule has 27 heavy (non-hydrogen) atoms. The minimum Gasteiger partial charge on any atom is -0.467 e. The van der Waals surface area contributed by atoms with Gasteiger partial charge in [-0.15, -0.1) is 0 Å². The van der Waals surface area contributed by atoms with Crippen LogP contribution in [0.25, 0.3) is 0 Å². The quantitative estimate of drug-likeness (QED) is 0.774. The molecule has 0 atom stereocenters. The van der Waals surface area contributed by atoms with Crippen LogP contribution in [-0.2, 0) is 6.54 Å². The molecule has 0 unspecified atom stereocenters. The molecule has 0 saturated carbocycles. The van der Waals surface area contributed by atoms with Crippen molar-refractivity contribution in [2.24, 2.45) is 0 Å². The van der Waals surface area contributed by atoms with Gasteiger partial charge in [0.15, 0.2) is 0 Å². The second kappa shape index (κ2) is 7.00. The Kier molecular flexibility index (Phi) is 4.53. The molecular weight excluding hydrogens is 346 g/mol. The average molecular weight is 367 g/mol. The Morgan fingerprint density at radius 1 is 1.04 bits per heavy atom. The third-order valence-corrected chi connectivity index (χ3v) is 5.12. The Balaban J connectivity index is 1.56. The van der Waals surface area contributed by atoms with E-state index in [4.69, 9.17) is 4.42 Å². The number of furan rings is 1. The topological polar surface area (TPSA) is 74.1 Å². The molecular formula is C20H21N3O4. The summed E-state index contributed by atoms with van der Waals surface area (Å²) in [6.45, 7) is 3.22. The number of carbonyl (C=O) groups excluding carboxylic acids is 3. The Morgan fingerprint density at radius 3 is 2.63 bits per heavy atom. The van der Waals surface area contributed by atoms with Gasteiger partial charge in [-0.2, -0.15) is 0 Å². The summed E-state index contributed by atoms with van der Waals surface area (Å²) in [6.07, 6.45) is 2.42. The van der Waals surface area contributed by atoms with Crippen molar-refractivity contribution < 1.29 is 18.8 Å². The van der Waals surface area contributed by atoms with Crippen molar-refractivity contribution in [3.63, 3.8) is 0 Å². The summed E-state index contributed by atoms with van der Waals surface area (Å²) in [5.41, 5.74) is 1.06. The normalized spacial score (nSPS) is 18.0. The van der Waals surface area contributed by atoms with E-state index in [1.165, 1.54) is 6.26 Å². The van der Waals surface area contributed by atoms with Gasteiger partial charge in [0.05, 0.1) is 23.9 Å². The van der Waals surface area contributed by atoms with Crippen LogP contribution in [0.1, 0.15) is 43.3 Å². The standard InChI is InChI=1S/C20H21N3O4/c1-21-7-3-8-22(10-9-21)18(24)14-5-6-16-17(12-14)20(26)23(19(16)25)13-15-4-2-11-27-15/h2,4-6,11-12H,3,7-10,13H2,1H3. The van der Waals surface area contributed by atoms with Crippen LogP contribution >= 0.6 is 0 Å². The highest BCUT2D eigenvalue weighted by atomic mass is 16.3. The van der Waals surface area contributed by atoms with Gasteiger partial charge in [0.2, 0.25) is 0 Å². The zero-order valence-corrected chi connectivity index (χ0v) is 15.2. The smallest absolute Gasteiger partial charge is 0.261 e. The predicted octanol–water partition coefficient (Wildman–Crippen LogP) is 1.85. The first-order valence-corrected chi connectivity index (χ1v) is 9.05. The lowest BCUT2D eigenvalue weighted by atomic mass is 10.0. The van der Waals surface area contributed by atoms with Crippen LogP contribution in [0, 0.1) is 0 Å². The van der Waals surface area contributed by atoms with Crippen LogP contribution in [0.3, 0.4) is 0 Å². The van der Waals surface area contributed by atoms with E-state index in [9.17, 15) is 14.4 Å². The van der Waals surface area contributed by atoms with Crippen molar-refractivity contribution in [1.82, 2.24) is 14.7 Å². The highest BCUT2D eigenvalue weighted by molar-refractivity contribution is 6.22. The van der Waals surface area contributed by atoms with Gasteiger partial charge in [-0.1, -0.05) is 0 Å². The zero-order valence-electron chi connectivity index (χ0n) is 15.2. The lowest BCUT2D eigenvalue weighted by Gasteiger charge is -2.20. The lowest BCUT2D eigenvalue weighted by Crippen LogP contribution is -2.34. The Labute approximate surface area is 157 Å². The van der Waals surface area contributed by atoms with E-state index in [-0.39, 0.29) is 23.9 Å². The second-order valence-corrected chi connectivity index (χ2v) is 6.99. The molecule has 140 valence electrons. The molecule has 0 radical (unpaired) electrons. The minimum absolute atomic E-state index is 0.0844.